The van der Waals surface area contributed by atoms with Gasteiger partial charge in [-0.2, -0.15) is 0 Å². The van der Waals surface area contributed by atoms with Gasteiger partial charge in [-0.1, -0.05) is 13.0 Å². The van der Waals surface area contributed by atoms with Crippen LogP contribution in [0.25, 0.3) is 0 Å². The van der Waals surface area contributed by atoms with Gasteiger partial charge in [0.1, 0.15) is 5.75 Å². The van der Waals surface area contributed by atoms with Gasteiger partial charge in [0.2, 0.25) is 5.91 Å². The van der Waals surface area contributed by atoms with Crippen molar-refractivity contribution in [3.05, 3.63) is 24.3 Å². The summed E-state index contributed by atoms with van der Waals surface area (Å²) >= 11 is 0. The van der Waals surface area contributed by atoms with Crippen LogP contribution in [0.2, 0.25) is 0 Å². The van der Waals surface area contributed by atoms with Gasteiger partial charge in [0.05, 0.1) is 13.0 Å². The number of anilines is 1. The Hall–Kier alpha value is -1.71. The quantitative estimate of drug-likeness (QED) is 0.829. The molecule has 19 heavy (non-hydrogen) atoms. The van der Waals surface area contributed by atoms with E-state index in [1.165, 1.54) is 0 Å². The van der Waals surface area contributed by atoms with E-state index in [-0.39, 0.29) is 5.91 Å². The molecule has 1 fully saturated rings. The summed E-state index contributed by atoms with van der Waals surface area (Å²) in [5.41, 5.74) is 6.35. The summed E-state index contributed by atoms with van der Waals surface area (Å²) in [5.74, 6) is 0.925. The van der Waals surface area contributed by atoms with Gasteiger partial charge in [-0.15, -0.1) is 0 Å². The summed E-state index contributed by atoms with van der Waals surface area (Å²) in [4.78, 5) is 14.1. The average molecular weight is 262 g/mol. The Bertz CT molecular complexity index is 434. The zero-order chi connectivity index (χ0) is 13.7. The van der Waals surface area contributed by atoms with Gasteiger partial charge >= 0.3 is 0 Å². The molecule has 0 radical (unpaired) electrons. The molecule has 1 unspecified atom stereocenters. The molecule has 0 bridgehead atoms. The Kier molecular flexibility index (Phi) is 4.66. The number of rotatable bonds is 5. The van der Waals surface area contributed by atoms with E-state index in [0.29, 0.717) is 24.8 Å². The fraction of sp³-hybridized carbons (Fsp3) is 0.533. The van der Waals surface area contributed by atoms with Crippen LogP contribution >= 0.6 is 0 Å². The van der Waals surface area contributed by atoms with Crippen molar-refractivity contribution in [3.8, 4) is 5.75 Å². The lowest BCUT2D eigenvalue weighted by Gasteiger charge is -2.23. The van der Waals surface area contributed by atoms with Crippen LogP contribution in [0, 0.1) is 0 Å². The summed E-state index contributed by atoms with van der Waals surface area (Å²) < 4.78 is 5.56. The fourth-order valence-corrected chi connectivity index (χ4v) is 2.59. The van der Waals surface area contributed by atoms with Crippen molar-refractivity contribution in [1.82, 2.24) is 4.90 Å². The number of likely N-dealkylation sites (tertiary alicyclic amines) is 1. The van der Waals surface area contributed by atoms with Gasteiger partial charge < -0.3 is 15.4 Å². The summed E-state index contributed by atoms with van der Waals surface area (Å²) in [7, 11) is 0. The van der Waals surface area contributed by atoms with Crippen molar-refractivity contribution < 1.29 is 9.53 Å². The molecule has 104 valence electrons. The van der Waals surface area contributed by atoms with Gasteiger partial charge in [-0.3, -0.25) is 4.79 Å². The Morgan fingerprint density at radius 1 is 1.53 bits per heavy atom. The number of hydrogen-bond acceptors (Lipinski definition) is 3. The maximum absolute atomic E-state index is 12.1. The number of carbonyl (C=O) groups excluding carboxylic acids is 1. The predicted octanol–water partition coefficient (Wildman–Crippen LogP) is 2.44. The number of benzene rings is 1. The number of nitrogens with zero attached hydrogens (tertiary/aromatic N) is 1. The van der Waals surface area contributed by atoms with Crippen LogP contribution < -0.4 is 10.5 Å². The lowest BCUT2D eigenvalue weighted by Crippen LogP contribution is -2.35. The van der Waals surface area contributed by atoms with Crippen molar-refractivity contribution in [2.24, 2.45) is 0 Å². The Labute approximate surface area is 114 Å². The van der Waals surface area contributed by atoms with Crippen LogP contribution in [0.15, 0.2) is 24.3 Å². The molecular formula is C15H22N2O2. The molecule has 0 aromatic heterocycles. The van der Waals surface area contributed by atoms with Crippen LogP contribution in [-0.4, -0.2) is 30.0 Å². The molecule has 0 spiro atoms. The van der Waals surface area contributed by atoms with E-state index in [9.17, 15) is 4.79 Å². The molecule has 1 aliphatic heterocycles. The van der Waals surface area contributed by atoms with Crippen molar-refractivity contribution >= 4 is 11.6 Å². The molecule has 0 saturated carbocycles. The molecule has 4 heteroatoms. The molecule has 1 aromatic carbocycles. The van der Waals surface area contributed by atoms with E-state index in [4.69, 9.17) is 10.5 Å². The number of nitrogens with two attached hydrogens (primary N) is 1. The van der Waals surface area contributed by atoms with Crippen molar-refractivity contribution in [1.29, 1.82) is 0 Å². The third-order valence-corrected chi connectivity index (χ3v) is 3.61. The predicted molar refractivity (Wildman–Crippen MR) is 76.0 cm³/mol. The molecule has 0 aliphatic carbocycles. The molecular weight excluding hydrogens is 240 g/mol. The Balaban J connectivity index is 1.78. The zero-order valence-electron chi connectivity index (χ0n) is 11.5. The molecule has 4 nitrogen and oxygen atoms in total. The van der Waals surface area contributed by atoms with E-state index in [2.05, 4.69) is 6.92 Å². The number of amides is 1. The van der Waals surface area contributed by atoms with Gasteiger partial charge in [0.15, 0.2) is 0 Å². The SMILES string of the molecule is CCC1CCCN1C(=O)CCOc1cccc(N)c1. The maximum Gasteiger partial charge on any atom is 0.226 e. The minimum absolute atomic E-state index is 0.202. The highest BCUT2D eigenvalue weighted by Gasteiger charge is 2.26. The maximum atomic E-state index is 12.1. The second kappa shape index (κ2) is 6.45. The monoisotopic (exact) mass is 262 g/mol. The normalized spacial score (nSPS) is 18.6. The second-order valence-electron chi connectivity index (χ2n) is 4.96. The van der Waals surface area contributed by atoms with E-state index in [1.54, 1.807) is 6.07 Å². The lowest BCUT2D eigenvalue weighted by atomic mass is 10.1. The van der Waals surface area contributed by atoms with Gasteiger partial charge in [-0.05, 0) is 31.4 Å². The first-order valence-electron chi connectivity index (χ1n) is 6.98. The van der Waals surface area contributed by atoms with Crippen molar-refractivity contribution in [2.75, 3.05) is 18.9 Å². The summed E-state index contributed by atoms with van der Waals surface area (Å²) in [6.45, 7) is 3.45. The molecule has 1 aromatic rings. The lowest BCUT2D eigenvalue weighted by molar-refractivity contribution is -0.132. The van der Waals surface area contributed by atoms with Crippen LogP contribution in [0.1, 0.15) is 32.6 Å². The first kappa shape index (κ1) is 13.7. The smallest absolute Gasteiger partial charge is 0.226 e. The van der Waals surface area contributed by atoms with E-state index >= 15 is 0 Å². The van der Waals surface area contributed by atoms with Crippen LogP contribution in [0.4, 0.5) is 5.69 Å². The molecule has 1 amide bonds. The summed E-state index contributed by atoms with van der Waals surface area (Å²) in [5, 5.41) is 0. The van der Waals surface area contributed by atoms with Crippen LogP contribution in [0.3, 0.4) is 0 Å². The highest BCUT2D eigenvalue weighted by molar-refractivity contribution is 5.77. The number of nitrogen functional groups attached to an aromatic ring is 1. The third kappa shape index (κ3) is 3.63. The first-order chi connectivity index (χ1) is 9.20. The van der Waals surface area contributed by atoms with Crippen molar-refractivity contribution in [3.63, 3.8) is 0 Å². The van der Waals surface area contributed by atoms with E-state index in [0.717, 1.165) is 31.6 Å². The first-order valence-corrected chi connectivity index (χ1v) is 6.98. The largest absolute Gasteiger partial charge is 0.493 e. The molecule has 1 aliphatic rings. The van der Waals surface area contributed by atoms with Crippen LogP contribution in [-0.2, 0) is 4.79 Å². The number of ether oxygens (including phenoxy) is 1. The third-order valence-electron chi connectivity index (χ3n) is 3.61. The van der Waals surface area contributed by atoms with Crippen molar-refractivity contribution in [2.45, 2.75) is 38.6 Å². The number of carbonyl (C=O) groups is 1. The minimum Gasteiger partial charge on any atom is -0.493 e. The Morgan fingerprint density at radius 2 is 2.37 bits per heavy atom. The minimum atomic E-state index is 0.202. The highest BCUT2D eigenvalue weighted by atomic mass is 16.5. The van der Waals surface area contributed by atoms with Gasteiger partial charge in [0.25, 0.3) is 0 Å². The second-order valence-corrected chi connectivity index (χ2v) is 4.96. The summed E-state index contributed by atoms with van der Waals surface area (Å²) in [6.07, 6.45) is 3.74. The zero-order valence-corrected chi connectivity index (χ0v) is 11.5. The van der Waals surface area contributed by atoms with Gasteiger partial charge in [-0.25, -0.2) is 0 Å². The molecule has 1 saturated heterocycles. The van der Waals surface area contributed by atoms with E-state index in [1.807, 2.05) is 23.1 Å². The average Bonchev–Trinajstić information content (AvgIpc) is 2.87. The van der Waals surface area contributed by atoms with E-state index < -0.39 is 0 Å². The molecule has 1 atom stereocenters. The topological polar surface area (TPSA) is 55.6 Å². The molecule has 1 heterocycles. The van der Waals surface area contributed by atoms with Gasteiger partial charge in [0, 0.05) is 24.3 Å². The molecule has 2 N–H and O–H groups in total. The molecule has 2 rings (SSSR count). The Morgan fingerprint density at radius 3 is 3.11 bits per heavy atom. The van der Waals surface area contributed by atoms with Crippen LogP contribution in [0.5, 0.6) is 5.75 Å². The fourth-order valence-electron chi connectivity index (χ4n) is 2.59. The standard InChI is InChI=1S/C15H22N2O2/c1-2-13-6-4-9-17(13)15(18)8-10-19-14-7-3-5-12(16)11-14/h3,5,7,11,13H,2,4,6,8-10,16H2,1H3. The number of hydrogen-bond donors (Lipinski definition) is 1. The highest BCUT2D eigenvalue weighted by Crippen LogP contribution is 2.21. The summed E-state index contributed by atoms with van der Waals surface area (Å²) in [6, 6.07) is 7.72.